The molecule has 0 heterocycles. The molecule has 0 spiro atoms. The highest BCUT2D eigenvalue weighted by atomic mass is 35.5. The number of carbonyl (C=O) groups excluding carboxylic acids is 2. The highest BCUT2D eigenvalue weighted by Crippen LogP contribution is 2.31. The molecule has 2 amide bonds. The van der Waals surface area contributed by atoms with E-state index in [4.69, 9.17) is 23.2 Å². The van der Waals surface area contributed by atoms with E-state index in [0.29, 0.717) is 17.1 Å². The third kappa shape index (κ3) is 7.97. The van der Waals surface area contributed by atoms with Gasteiger partial charge in [0.15, 0.2) is 0 Å². The van der Waals surface area contributed by atoms with Crippen LogP contribution < -0.4 is 9.62 Å². The first kappa shape index (κ1) is 30.5. The zero-order valence-corrected chi connectivity index (χ0v) is 24.7. The number of hydrogen-bond acceptors (Lipinski definition) is 4. The SMILES string of the molecule is Cc1ccc(S(=O)(=O)N(CC(=O)N(Cc2cccc(Cl)c2)C(C)C(=O)NCC(C)C)c2ccccc2Cl)cc1. The van der Waals surface area contributed by atoms with E-state index >= 15 is 0 Å². The topological polar surface area (TPSA) is 86.8 Å². The van der Waals surface area contributed by atoms with E-state index in [2.05, 4.69) is 5.32 Å². The lowest BCUT2D eigenvalue weighted by Crippen LogP contribution is -2.51. The van der Waals surface area contributed by atoms with Crippen molar-refractivity contribution < 1.29 is 18.0 Å². The Morgan fingerprint density at radius 2 is 1.59 bits per heavy atom. The predicted octanol–water partition coefficient (Wildman–Crippen LogP) is 5.69. The molecule has 0 radical (unpaired) electrons. The van der Waals surface area contributed by atoms with Crippen LogP contribution >= 0.6 is 23.2 Å². The minimum absolute atomic E-state index is 0.0185. The van der Waals surface area contributed by atoms with Gasteiger partial charge in [0.25, 0.3) is 10.0 Å². The normalized spacial score (nSPS) is 12.2. The Morgan fingerprint density at radius 1 is 0.923 bits per heavy atom. The van der Waals surface area contributed by atoms with Crippen LogP contribution in [-0.2, 0) is 26.2 Å². The molecule has 208 valence electrons. The van der Waals surface area contributed by atoms with E-state index in [1.54, 1.807) is 67.6 Å². The van der Waals surface area contributed by atoms with Gasteiger partial charge in [-0.25, -0.2) is 8.42 Å². The summed E-state index contributed by atoms with van der Waals surface area (Å²) in [5.41, 5.74) is 1.75. The molecular formula is C29H33Cl2N3O4S. The van der Waals surface area contributed by atoms with Crippen LogP contribution in [-0.4, -0.2) is 44.3 Å². The minimum atomic E-state index is -4.19. The molecule has 3 rings (SSSR count). The monoisotopic (exact) mass is 589 g/mol. The van der Waals surface area contributed by atoms with Gasteiger partial charge in [0.05, 0.1) is 15.6 Å². The maximum Gasteiger partial charge on any atom is 0.264 e. The lowest BCUT2D eigenvalue weighted by atomic mass is 10.1. The molecular weight excluding hydrogens is 557 g/mol. The van der Waals surface area contributed by atoms with Gasteiger partial charge >= 0.3 is 0 Å². The number of sulfonamides is 1. The highest BCUT2D eigenvalue weighted by molar-refractivity contribution is 7.92. The molecule has 1 atom stereocenters. The molecule has 39 heavy (non-hydrogen) atoms. The number of halogens is 2. The average molecular weight is 591 g/mol. The smallest absolute Gasteiger partial charge is 0.264 e. The number of amides is 2. The number of para-hydroxylation sites is 1. The maximum absolute atomic E-state index is 13.9. The molecule has 0 saturated carbocycles. The largest absolute Gasteiger partial charge is 0.354 e. The van der Waals surface area contributed by atoms with Crippen LogP contribution in [0.2, 0.25) is 10.0 Å². The van der Waals surface area contributed by atoms with Crippen molar-refractivity contribution in [3.8, 4) is 0 Å². The number of aryl methyl sites for hydroxylation is 1. The standard InChI is InChI=1S/C29H33Cl2N3O4S/c1-20(2)17-32-29(36)22(4)33(18-23-8-7-9-24(30)16-23)28(35)19-34(27-11-6-5-10-26(27)31)39(37,38)25-14-12-21(3)13-15-25/h5-16,20,22H,17-19H2,1-4H3,(H,32,36). The van der Waals surface area contributed by atoms with Crippen molar-refractivity contribution in [3.05, 3.63) is 94.0 Å². The predicted molar refractivity (Wildman–Crippen MR) is 156 cm³/mol. The van der Waals surface area contributed by atoms with Crippen LogP contribution in [0.5, 0.6) is 0 Å². The summed E-state index contributed by atoms with van der Waals surface area (Å²) in [5.74, 6) is -0.698. The Bertz CT molecular complexity index is 1410. The van der Waals surface area contributed by atoms with Gasteiger partial charge in [-0.15, -0.1) is 0 Å². The van der Waals surface area contributed by atoms with Gasteiger partial charge in [0.2, 0.25) is 11.8 Å². The molecule has 3 aromatic carbocycles. The van der Waals surface area contributed by atoms with Crippen molar-refractivity contribution in [2.75, 3.05) is 17.4 Å². The second-order valence-corrected chi connectivity index (χ2v) is 12.4. The van der Waals surface area contributed by atoms with Crippen molar-refractivity contribution in [2.45, 2.75) is 45.2 Å². The quantitative estimate of drug-likeness (QED) is 0.311. The van der Waals surface area contributed by atoms with Crippen molar-refractivity contribution in [1.29, 1.82) is 0 Å². The summed E-state index contributed by atoms with van der Waals surface area (Å²) in [4.78, 5) is 28.3. The second kappa shape index (κ2) is 13.3. The minimum Gasteiger partial charge on any atom is -0.354 e. The summed E-state index contributed by atoms with van der Waals surface area (Å²) in [7, 11) is -4.19. The van der Waals surface area contributed by atoms with Gasteiger partial charge in [-0.2, -0.15) is 0 Å². The Kier molecular flexibility index (Phi) is 10.4. The molecule has 10 heteroatoms. The van der Waals surface area contributed by atoms with Gasteiger partial charge in [0.1, 0.15) is 12.6 Å². The summed E-state index contributed by atoms with van der Waals surface area (Å²) in [6, 6.07) is 18.9. The Labute approximate surface area is 240 Å². The molecule has 1 N–H and O–H groups in total. The number of anilines is 1. The second-order valence-electron chi connectivity index (χ2n) is 9.74. The number of hydrogen-bond donors (Lipinski definition) is 1. The molecule has 0 aliphatic heterocycles. The first-order valence-electron chi connectivity index (χ1n) is 12.6. The average Bonchev–Trinajstić information content (AvgIpc) is 2.89. The molecule has 0 bridgehead atoms. The van der Waals surface area contributed by atoms with Gasteiger partial charge in [-0.1, -0.05) is 79.0 Å². The fourth-order valence-corrected chi connectivity index (χ4v) is 5.81. The molecule has 0 saturated heterocycles. The van der Waals surface area contributed by atoms with E-state index in [-0.39, 0.29) is 34.0 Å². The Balaban J connectivity index is 2.02. The van der Waals surface area contributed by atoms with Crippen molar-refractivity contribution in [2.24, 2.45) is 5.92 Å². The van der Waals surface area contributed by atoms with E-state index in [1.165, 1.54) is 17.0 Å². The molecule has 0 aromatic heterocycles. The fourth-order valence-electron chi connectivity index (χ4n) is 3.87. The van der Waals surface area contributed by atoms with Crippen LogP contribution in [0.3, 0.4) is 0 Å². The number of nitrogens with one attached hydrogen (secondary N) is 1. The lowest BCUT2D eigenvalue weighted by molar-refractivity contribution is -0.139. The van der Waals surface area contributed by atoms with Gasteiger partial charge < -0.3 is 10.2 Å². The Hall–Kier alpha value is -3.07. The molecule has 3 aromatic rings. The summed E-state index contributed by atoms with van der Waals surface area (Å²) in [5, 5.41) is 3.51. The van der Waals surface area contributed by atoms with E-state index in [0.717, 1.165) is 9.87 Å². The summed E-state index contributed by atoms with van der Waals surface area (Å²) >= 11 is 12.6. The van der Waals surface area contributed by atoms with Crippen LogP contribution in [0, 0.1) is 12.8 Å². The fraction of sp³-hybridized carbons (Fsp3) is 0.310. The number of rotatable bonds is 11. The zero-order valence-electron chi connectivity index (χ0n) is 22.4. The highest BCUT2D eigenvalue weighted by Gasteiger charge is 2.33. The van der Waals surface area contributed by atoms with Gasteiger partial charge in [-0.05, 0) is 61.7 Å². The first-order valence-corrected chi connectivity index (χ1v) is 14.7. The molecule has 0 aliphatic carbocycles. The van der Waals surface area contributed by atoms with Gasteiger partial charge in [0, 0.05) is 18.1 Å². The maximum atomic E-state index is 13.9. The van der Waals surface area contributed by atoms with Crippen molar-refractivity contribution >= 4 is 50.7 Å². The number of nitrogens with zero attached hydrogens (tertiary/aromatic N) is 2. The number of carbonyl (C=O) groups is 2. The number of benzene rings is 3. The summed E-state index contributed by atoms with van der Waals surface area (Å²) in [6.45, 7) is 7.33. The summed E-state index contributed by atoms with van der Waals surface area (Å²) in [6.07, 6.45) is 0. The third-order valence-corrected chi connectivity index (χ3v) is 8.43. The molecule has 0 fully saturated rings. The molecule has 7 nitrogen and oxygen atoms in total. The van der Waals surface area contributed by atoms with Crippen molar-refractivity contribution in [1.82, 2.24) is 10.2 Å². The van der Waals surface area contributed by atoms with Crippen molar-refractivity contribution in [3.63, 3.8) is 0 Å². The molecule has 0 aliphatic rings. The van der Waals surface area contributed by atoms with Crippen LogP contribution in [0.4, 0.5) is 5.69 Å². The van der Waals surface area contributed by atoms with Gasteiger partial charge in [-0.3, -0.25) is 13.9 Å². The first-order chi connectivity index (χ1) is 18.4. The van der Waals surface area contributed by atoms with E-state index < -0.39 is 28.5 Å². The lowest BCUT2D eigenvalue weighted by Gasteiger charge is -2.32. The molecule has 1 unspecified atom stereocenters. The summed E-state index contributed by atoms with van der Waals surface area (Å²) < 4.78 is 28.7. The third-order valence-electron chi connectivity index (χ3n) is 6.10. The van der Waals surface area contributed by atoms with Crippen LogP contribution in [0.25, 0.3) is 0 Å². The van der Waals surface area contributed by atoms with Crippen LogP contribution in [0.15, 0.2) is 77.7 Å². The zero-order chi connectivity index (χ0) is 28.7. The van der Waals surface area contributed by atoms with E-state index in [9.17, 15) is 18.0 Å². The van der Waals surface area contributed by atoms with Crippen LogP contribution in [0.1, 0.15) is 31.9 Å². The van der Waals surface area contributed by atoms with E-state index in [1.807, 2.05) is 20.8 Å². The Morgan fingerprint density at radius 3 is 2.21 bits per heavy atom.